The zero-order valence-electron chi connectivity index (χ0n) is 17.8. The molecule has 3 rings (SSSR count). The van der Waals surface area contributed by atoms with Gasteiger partial charge in [0.25, 0.3) is 0 Å². The predicted octanol–water partition coefficient (Wildman–Crippen LogP) is 2.69. The van der Waals surface area contributed by atoms with Gasteiger partial charge in [-0.05, 0) is 6.92 Å². The second-order valence-corrected chi connectivity index (χ2v) is 8.49. The van der Waals surface area contributed by atoms with Gasteiger partial charge in [-0.15, -0.1) is 24.0 Å². The molecule has 0 radical (unpaired) electrons. The highest BCUT2D eigenvalue weighted by Crippen LogP contribution is 2.20. The number of aromatic nitrogens is 4. The minimum Gasteiger partial charge on any atom is -0.357 e. The topological polar surface area (TPSA) is 95.6 Å². The molecule has 2 aromatic rings. The highest BCUT2D eigenvalue weighted by molar-refractivity contribution is 14.0. The summed E-state index contributed by atoms with van der Waals surface area (Å²) in [6, 6.07) is 0. The first kappa shape index (κ1) is 23.8. The number of piperazine rings is 1. The van der Waals surface area contributed by atoms with Crippen LogP contribution in [0.2, 0.25) is 0 Å². The standard InChI is InChI=1S/C18H30N8OS.HI/c1-6-13-22-17(28-24-13)26-10-8-25(9-11-26)16(19-7-2)20-12-14-21-15(27-23-14)18(3,4)5;/h6-12H2,1-5H3,(H,19,20);1H. The van der Waals surface area contributed by atoms with Crippen molar-refractivity contribution in [3.05, 3.63) is 17.5 Å². The third-order valence-corrected chi connectivity index (χ3v) is 5.25. The molecule has 0 aliphatic carbocycles. The lowest BCUT2D eigenvalue weighted by molar-refractivity contribution is 0.318. The van der Waals surface area contributed by atoms with E-state index in [-0.39, 0.29) is 29.4 Å². The van der Waals surface area contributed by atoms with Gasteiger partial charge in [0.05, 0.1) is 0 Å². The molecule has 1 aliphatic heterocycles. The second-order valence-electron chi connectivity index (χ2n) is 7.76. The summed E-state index contributed by atoms with van der Waals surface area (Å²) in [6.45, 7) is 15.1. The van der Waals surface area contributed by atoms with E-state index in [1.165, 1.54) is 11.5 Å². The number of rotatable bonds is 5. The molecule has 1 fully saturated rings. The van der Waals surface area contributed by atoms with E-state index < -0.39 is 0 Å². The summed E-state index contributed by atoms with van der Waals surface area (Å²) in [5.41, 5.74) is -0.155. The van der Waals surface area contributed by atoms with E-state index in [2.05, 4.69) is 69.2 Å². The van der Waals surface area contributed by atoms with Gasteiger partial charge in [0, 0.05) is 56.1 Å². The number of hydrogen-bond donors (Lipinski definition) is 1. The third kappa shape index (κ3) is 6.24. The first-order chi connectivity index (χ1) is 13.4. The van der Waals surface area contributed by atoms with Crippen LogP contribution in [0.25, 0.3) is 0 Å². The first-order valence-corrected chi connectivity index (χ1v) is 10.6. The van der Waals surface area contributed by atoms with Gasteiger partial charge in [-0.1, -0.05) is 32.9 Å². The molecule has 162 valence electrons. The molecule has 2 aromatic heterocycles. The Bertz CT molecular complexity index is 792. The van der Waals surface area contributed by atoms with Gasteiger partial charge in [0.2, 0.25) is 11.0 Å². The van der Waals surface area contributed by atoms with Crippen LogP contribution in [0.4, 0.5) is 5.13 Å². The molecule has 1 saturated heterocycles. The van der Waals surface area contributed by atoms with Crippen LogP contribution in [0.1, 0.15) is 52.2 Å². The summed E-state index contributed by atoms with van der Waals surface area (Å²) in [4.78, 5) is 18.4. The van der Waals surface area contributed by atoms with Gasteiger partial charge in [0.1, 0.15) is 12.4 Å². The number of halogens is 1. The van der Waals surface area contributed by atoms with Crippen LogP contribution in [-0.4, -0.2) is 63.1 Å². The Hall–Kier alpha value is -1.50. The van der Waals surface area contributed by atoms with Crippen LogP contribution in [0.5, 0.6) is 0 Å². The van der Waals surface area contributed by atoms with Crippen molar-refractivity contribution in [3.8, 4) is 0 Å². The summed E-state index contributed by atoms with van der Waals surface area (Å²) >= 11 is 1.49. The molecule has 3 heterocycles. The van der Waals surface area contributed by atoms with E-state index in [0.717, 1.165) is 56.1 Å². The number of aryl methyl sites for hydroxylation is 1. The van der Waals surface area contributed by atoms with Crippen LogP contribution in [0.3, 0.4) is 0 Å². The zero-order chi connectivity index (χ0) is 20.1. The number of nitrogens with one attached hydrogen (secondary N) is 1. The van der Waals surface area contributed by atoms with Crippen molar-refractivity contribution in [2.75, 3.05) is 37.6 Å². The summed E-state index contributed by atoms with van der Waals surface area (Å²) < 4.78 is 9.75. The van der Waals surface area contributed by atoms with E-state index >= 15 is 0 Å². The normalized spacial score (nSPS) is 15.4. The quantitative estimate of drug-likeness (QED) is 0.356. The highest BCUT2D eigenvalue weighted by Gasteiger charge is 2.23. The fourth-order valence-electron chi connectivity index (χ4n) is 2.82. The molecular formula is C18H31IN8OS. The Morgan fingerprint density at radius 1 is 1.14 bits per heavy atom. The van der Waals surface area contributed by atoms with Gasteiger partial charge in [0.15, 0.2) is 11.8 Å². The van der Waals surface area contributed by atoms with Gasteiger partial charge in [-0.2, -0.15) is 9.36 Å². The van der Waals surface area contributed by atoms with E-state index in [0.29, 0.717) is 18.3 Å². The first-order valence-electron chi connectivity index (χ1n) is 9.84. The molecule has 1 aliphatic rings. The Morgan fingerprint density at radius 3 is 2.41 bits per heavy atom. The highest BCUT2D eigenvalue weighted by atomic mass is 127. The molecule has 9 nitrogen and oxygen atoms in total. The molecule has 29 heavy (non-hydrogen) atoms. The second kappa shape index (κ2) is 10.5. The molecule has 0 saturated carbocycles. The number of hydrogen-bond acceptors (Lipinski definition) is 8. The molecule has 1 N–H and O–H groups in total. The van der Waals surface area contributed by atoms with Crippen LogP contribution >= 0.6 is 35.5 Å². The van der Waals surface area contributed by atoms with Gasteiger partial charge >= 0.3 is 0 Å². The molecular weight excluding hydrogens is 503 g/mol. The Balaban J connectivity index is 0.00000300. The summed E-state index contributed by atoms with van der Waals surface area (Å²) in [7, 11) is 0. The molecule has 0 unspecified atom stereocenters. The monoisotopic (exact) mass is 534 g/mol. The zero-order valence-corrected chi connectivity index (χ0v) is 21.0. The molecule has 0 spiro atoms. The van der Waals surface area contributed by atoms with Crippen molar-refractivity contribution in [1.82, 2.24) is 29.7 Å². The molecule has 11 heteroatoms. The molecule has 0 atom stereocenters. The van der Waals surface area contributed by atoms with E-state index in [9.17, 15) is 0 Å². The number of anilines is 1. The Labute approximate surface area is 193 Å². The predicted molar refractivity (Wildman–Crippen MR) is 126 cm³/mol. The maximum atomic E-state index is 5.36. The Morgan fingerprint density at radius 2 is 1.86 bits per heavy atom. The average Bonchev–Trinajstić information content (AvgIpc) is 3.34. The summed E-state index contributed by atoms with van der Waals surface area (Å²) in [6.07, 6.45) is 0.876. The van der Waals surface area contributed by atoms with Crippen LogP contribution < -0.4 is 10.2 Å². The lowest BCUT2D eigenvalue weighted by Gasteiger charge is -2.36. The van der Waals surface area contributed by atoms with Crippen molar-refractivity contribution in [2.45, 2.75) is 53.0 Å². The number of guanidine groups is 1. The van der Waals surface area contributed by atoms with Gasteiger partial charge in [-0.3, -0.25) is 0 Å². The summed E-state index contributed by atoms with van der Waals surface area (Å²) in [5.74, 6) is 3.06. The maximum Gasteiger partial charge on any atom is 0.232 e. The Kier molecular flexibility index (Phi) is 8.61. The fourth-order valence-corrected chi connectivity index (χ4v) is 3.62. The van der Waals surface area contributed by atoms with Crippen LogP contribution in [-0.2, 0) is 18.4 Å². The smallest absolute Gasteiger partial charge is 0.232 e. The van der Waals surface area contributed by atoms with E-state index in [4.69, 9.17) is 9.52 Å². The minimum absolute atomic E-state index is 0. The average molecular weight is 534 g/mol. The van der Waals surface area contributed by atoms with Crippen molar-refractivity contribution in [2.24, 2.45) is 4.99 Å². The van der Waals surface area contributed by atoms with E-state index in [1.807, 2.05) is 0 Å². The third-order valence-electron chi connectivity index (χ3n) is 4.44. The van der Waals surface area contributed by atoms with Crippen LogP contribution in [0, 0.1) is 0 Å². The maximum absolute atomic E-state index is 5.36. The van der Waals surface area contributed by atoms with Crippen molar-refractivity contribution in [3.63, 3.8) is 0 Å². The lowest BCUT2D eigenvalue weighted by Crippen LogP contribution is -2.52. The number of nitrogens with zero attached hydrogens (tertiary/aromatic N) is 7. The van der Waals surface area contributed by atoms with Crippen molar-refractivity contribution in [1.29, 1.82) is 0 Å². The lowest BCUT2D eigenvalue weighted by atomic mass is 9.97. The van der Waals surface area contributed by atoms with Gasteiger partial charge in [-0.25, -0.2) is 9.98 Å². The largest absolute Gasteiger partial charge is 0.357 e. The van der Waals surface area contributed by atoms with E-state index in [1.54, 1.807) is 0 Å². The molecule has 0 aromatic carbocycles. The molecule has 0 bridgehead atoms. The van der Waals surface area contributed by atoms with Crippen molar-refractivity contribution >= 4 is 46.6 Å². The summed E-state index contributed by atoms with van der Waals surface area (Å²) in [5, 5.41) is 8.45. The van der Waals surface area contributed by atoms with Crippen LogP contribution in [0.15, 0.2) is 9.52 Å². The van der Waals surface area contributed by atoms with Crippen molar-refractivity contribution < 1.29 is 4.52 Å². The fraction of sp³-hybridized carbons (Fsp3) is 0.722. The number of aliphatic imine (C=N–C) groups is 1. The molecule has 0 amide bonds. The van der Waals surface area contributed by atoms with Gasteiger partial charge < -0.3 is 19.6 Å². The SMILES string of the molecule is CCNC(=NCc1noc(C(C)(C)C)n1)N1CCN(c2nc(CC)ns2)CC1.I. The minimum atomic E-state index is -0.155.